The average molecular weight is 681 g/mol. The molecule has 1 saturated heterocycles. The van der Waals surface area contributed by atoms with Gasteiger partial charge in [-0.05, 0) is 86.9 Å². The number of hydrogen-bond donors (Lipinski definition) is 2. The normalized spacial score (nSPS) is 19.8. The molecule has 4 atom stereocenters. The molecule has 0 aliphatic carbocycles. The van der Waals surface area contributed by atoms with Crippen molar-refractivity contribution in [3.63, 3.8) is 0 Å². The summed E-state index contributed by atoms with van der Waals surface area (Å²) < 4.78 is 13.4. The number of rotatable bonds is 12. The number of aromatic amines is 1. The first kappa shape index (κ1) is 34.8. The van der Waals surface area contributed by atoms with Gasteiger partial charge in [0.15, 0.2) is 12.1 Å². The predicted octanol–water partition coefficient (Wildman–Crippen LogP) is 7.83. The van der Waals surface area contributed by atoms with Crippen LogP contribution in [0.2, 0.25) is 0 Å². The Labute approximate surface area is 292 Å². The molecule has 12 heteroatoms. The summed E-state index contributed by atoms with van der Waals surface area (Å²) >= 11 is 0. The largest absolute Gasteiger partial charge is 0.521 e. The minimum atomic E-state index is -1.16. The van der Waals surface area contributed by atoms with E-state index in [1.54, 1.807) is 6.33 Å². The Balaban J connectivity index is 1.30. The number of aromatic nitrogens is 6. The first-order valence-electron chi connectivity index (χ1n) is 17.4. The Kier molecular flexibility index (Phi) is 10.0. The van der Waals surface area contributed by atoms with Gasteiger partial charge in [0.1, 0.15) is 29.7 Å². The molecule has 50 heavy (non-hydrogen) atoms. The lowest BCUT2D eigenvalue weighted by Gasteiger charge is -2.33. The van der Waals surface area contributed by atoms with E-state index in [0.717, 1.165) is 53.6 Å². The van der Waals surface area contributed by atoms with Crippen LogP contribution in [0.4, 0.5) is 4.79 Å². The second-order valence-electron chi connectivity index (χ2n) is 14.2. The Morgan fingerprint density at radius 2 is 1.76 bits per heavy atom. The molecule has 1 unspecified atom stereocenters. The molecule has 0 saturated carbocycles. The summed E-state index contributed by atoms with van der Waals surface area (Å²) in [5, 5.41) is 25.4. The molecule has 2 amide bonds. The highest BCUT2D eigenvalue weighted by Gasteiger charge is 2.59. The Morgan fingerprint density at radius 1 is 1.02 bits per heavy atom. The third kappa shape index (κ3) is 7.11. The smallest absolute Gasteiger partial charge is 0.488 e. The number of imidazole rings is 1. The van der Waals surface area contributed by atoms with Gasteiger partial charge in [0.2, 0.25) is 5.82 Å². The molecule has 0 spiro atoms. The highest BCUT2D eigenvalue weighted by molar-refractivity contribution is 5.89. The maximum absolute atomic E-state index is 14.8. The number of nitrogens with one attached hydrogen (secondary N) is 1. The summed E-state index contributed by atoms with van der Waals surface area (Å²) in [6.45, 7) is 9.96. The van der Waals surface area contributed by atoms with Gasteiger partial charge in [-0.1, -0.05) is 62.9 Å². The van der Waals surface area contributed by atoms with Gasteiger partial charge in [-0.3, -0.25) is 0 Å². The van der Waals surface area contributed by atoms with E-state index in [4.69, 9.17) is 14.5 Å². The minimum Gasteiger partial charge on any atom is -0.488 e. The fourth-order valence-corrected chi connectivity index (χ4v) is 7.09. The van der Waals surface area contributed by atoms with Gasteiger partial charge in [-0.15, -0.1) is 10.2 Å². The second kappa shape index (κ2) is 14.4. The summed E-state index contributed by atoms with van der Waals surface area (Å²) in [7, 11) is 0. The third-order valence-corrected chi connectivity index (χ3v) is 9.48. The lowest BCUT2D eigenvalue weighted by Crippen LogP contribution is -2.61. The quantitative estimate of drug-likeness (QED) is 0.0994. The number of carboxylic acid groups (broad SMARTS) is 1. The molecule has 6 rings (SSSR count). The van der Waals surface area contributed by atoms with Crippen LogP contribution in [0.1, 0.15) is 79.2 Å². The average Bonchev–Trinajstić information content (AvgIpc) is 3.84. The van der Waals surface area contributed by atoms with Crippen LogP contribution in [-0.4, -0.2) is 76.1 Å². The molecule has 12 nitrogen and oxygen atoms in total. The summed E-state index contributed by atoms with van der Waals surface area (Å²) in [6, 6.07) is 19.8. The zero-order valence-corrected chi connectivity index (χ0v) is 29.4. The number of carbonyl (C=O) groups excluding carboxylic acids is 1. The Hall–Kier alpha value is -5.10. The van der Waals surface area contributed by atoms with E-state index in [2.05, 4.69) is 27.5 Å². The van der Waals surface area contributed by atoms with Crippen LogP contribution < -0.4 is 9.47 Å². The van der Waals surface area contributed by atoms with Gasteiger partial charge >= 0.3 is 12.0 Å². The maximum atomic E-state index is 14.8. The monoisotopic (exact) mass is 680 g/mol. The van der Waals surface area contributed by atoms with E-state index in [0.29, 0.717) is 29.9 Å². The van der Waals surface area contributed by atoms with Crippen molar-refractivity contribution in [3.05, 3.63) is 73.1 Å². The van der Waals surface area contributed by atoms with E-state index in [1.165, 1.54) is 0 Å². The van der Waals surface area contributed by atoms with Gasteiger partial charge in [-0.25, -0.2) is 9.78 Å². The molecule has 1 aliphatic heterocycles. The Bertz CT molecular complexity index is 1930. The number of likely N-dealkylation sites (tertiary alicyclic amines) is 1. The summed E-state index contributed by atoms with van der Waals surface area (Å²) in [5.74, 6) is 1.46. The van der Waals surface area contributed by atoms with Crippen LogP contribution in [0.15, 0.2) is 73.1 Å². The van der Waals surface area contributed by atoms with Crippen LogP contribution in [0.5, 0.6) is 11.5 Å². The molecule has 2 N–H and O–H groups in total. The van der Waals surface area contributed by atoms with Crippen LogP contribution in [-0.2, 0) is 4.79 Å². The van der Waals surface area contributed by atoms with E-state index in [9.17, 15) is 14.7 Å². The van der Waals surface area contributed by atoms with E-state index in [1.807, 2.05) is 99.0 Å². The van der Waals surface area contributed by atoms with Gasteiger partial charge in [0, 0.05) is 12.0 Å². The topological polar surface area (TPSA) is 145 Å². The van der Waals surface area contributed by atoms with Crippen LogP contribution in [0, 0.1) is 0 Å². The zero-order chi connectivity index (χ0) is 35.5. The highest BCUT2D eigenvalue weighted by atomic mass is 16.5. The van der Waals surface area contributed by atoms with Crippen LogP contribution >= 0.6 is 0 Å². The molecule has 262 valence electrons. The number of quaternary nitrogens is 1. The van der Waals surface area contributed by atoms with Crippen LogP contribution in [0.3, 0.4) is 0 Å². The molecule has 0 bridgehead atoms. The lowest BCUT2D eigenvalue weighted by molar-refractivity contribution is -0.795. The lowest BCUT2D eigenvalue weighted by atomic mass is 9.98. The molecule has 5 aromatic rings. The number of unbranched alkanes of at least 4 members (excludes halogenated alkanes) is 3. The molecular weight excluding hydrogens is 634 g/mol. The minimum absolute atomic E-state index is 0.0324. The number of fused-ring (bicyclic) bond motifs is 1. The molecule has 2 aromatic heterocycles. The van der Waals surface area contributed by atoms with Crippen molar-refractivity contribution in [2.75, 3.05) is 6.54 Å². The van der Waals surface area contributed by atoms with Crippen molar-refractivity contribution in [3.8, 4) is 34.0 Å². The van der Waals surface area contributed by atoms with Gasteiger partial charge in [-0.2, -0.15) is 14.5 Å². The fraction of sp³-hybridized carbons (Fsp3) is 0.421. The van der Waals surface area contributed by atoms with Crippen molar-refractivity contribution in [2.24, 2.45) is 0 Å². The Morgan fingerprint density at radius 3 is 2.44 bits per heavy atom. The number of carbonyl (C=O) groups is 2. The number of amides is 2. The van der Waals surface area contributed by atoms with Gasteiger partial charge in [0.25, 0.3) is 0 Å². The first-order valence-corrected chi connectivity index (χ1v) is 17.4. The van der Waals surface area contributed by atoms with Crippen LogP contribution in [0.25, 0.3) is 33.5 Å². The summed E-state index contributed by atoms with van der Waals surface area (Å²) in [4.78, 5) is 32.8. The first-order chi connectivity index (χ1) is 24.0. The number of H-pyrrole nitrogens is 1. The molecular formula is C38H46N7O5+. The number of benzene rings is 3. The zero-order valence-electron chi connectivity index (χ0n) is 29.4. The number of tetrazole rings is 1. The van der Waals surface area contributed by atoms with Crippen molar-refractivity contribution in [1.82, 2.24) is 30.2 Å². The molecule has 0 radical (unpaired) electrons. The van der Waals surface area contributed by atoms with Crippen molar-refractivity contribution in [1.29, 1.82) is 0 Å². The van der Waals surface area contributed by atoms with Gasteiger partial charge < -0.3 is 19.1 Å². The number of ether oxygens (including phenoxy) is 2. The molecule has 3 heterocycles. The van der Waals surface area contributed by atoms with Crippen molar-refractivity contribution < 1.29 is 28.7 Å². The van der Waals surface area contributed by atoms with E-state index in [-0.39, 0.29) is 18.1 Å². The number of nitrogens with zero attached hydrogens (tertiary/aromatic N) is 6. The SMILES string of the molecule is CCCCCCC(C(=O)[N@@+]1(C(=O)O)C[C@H](Oc2ccc(OC(C)(C)C)cc2)C[C@H]1C)n1cnc2cc(-c3ccccc3-c3nn[nH]n3)ccc21. The maximum Gasteiger partial charge on any atom is 0.521 e. The third-order valence-electron chi connectivity index (χ3n) is 9.48. The van der Waals surface area contributed by atoms with E-state index < -0.39 is 28.8 Å². The molecule has 1 fully saturated rings. The molecule has 3 aromatic carbocycles. The number of imide groups is 1. The standard InChI is InChI=1S/C38H45N7O5/c1-6-7-8-9-14-34(44-24-39-32-22-26(15-20-33(32)44)30-12-10-11-13-31(30)35-40-42-43-41-35)36(46)45(37(47)48)23-29(21-25(45)2)49-27-16-18-28(19-17-27)50-38(3,4)5/h10-13,15-20,22,24-25,29,34H,6-9,14,21,23H2,1-5H3,(H-,40,41,42,43,47,48)/p+1/t25-,29-,34?,45-/m1/s1. The number of hydrogen-bond acceptors (Lipinski definition) is 8. The van der Waals surface area contributed by atoms with Gasteiger partial charge in [0.05, 0.1) is 17.4 Å². The summed E-state index contributed by atoms with van der Waals surface area (Å²) in [6.07, 6.45) is 4.82. The van der Waals surface area contributed by atoms with Crippen molar-refractivity contribution in [2.45, 2.75) is 96.9 Å². The summed E-state index contributed by atoms with van der Waals surface area (Å²) in [5.41, 5.74) is 3.79. The van der Waals surface area contributed by atoms with E-state index >= 15 is 0 Å². The fourth-order valence-electron chi connectivity index (χ4n) is 7.09. The van der Waals surface area contributed by atoms with Crippen molar-refractivity contribution >= 4 is 23.0 Å². The molecule has 1 aliphatic rings. The second-order valence-corrected chi connectivity index (χ2v) is 14.2. The highest BCUT2D eigenvalue weighted by Crippen LogP contribution is 2.38. The predicted molar refractivity (Wildman–Crippen MR) is 190 cm³/mol.